The van der Waals surface area contributed by atoms with Crippen LogP contribution in [0.1, 0.15) is 49.1 Å². The minimum atomic E-state index is -0.416. The first kappa shape index (κ1) is 21.4. The minimum Gasteiger partial charge on any atom is -0.456 e. The van der Waals surface area contributed by atoms with Crippen LogP contribution in [0.2, 0.25) is 0 Å². The quantitative estimate of drug-likeness (QED) is 0.362. The Kier molecular flexibility index (Phi) is 6.39. The highest BCUT2D eigenvalue weighted by Gasteiger charge is 2.14. The molecule has 0 fully saturated rings. The van der Waals surface area contributed by atoms with E-state index in [1.165, 1.54) is 5.56 Å². The van der Waals surface area contributed by atoms with Crippen molar-refractivity contribution < 1.29 is 18.6 Å². The summed E-state index contributed by atoms with van der Waals surface area (Å²) in [5.74, 6) is 1.60. The van der Waals surface area contributed by atoms with Crippen molar-refractivity contribution in [1.29, 1.82) is 0 Å². The van der Waals surface area contributed by atoms with Crippen LogP contribution in [0.4, 0.5) is 0 Å². The molecule has 0 amide bonds. The van der Waals surface area contributed by atoms with Crippen LogP contribution < -0.4 is 0 Å². The molecule has 2 heterocycles. The van der Waals surface area contributed by atoms with E-state index in [0.29, 0.717) is 23.5 Å². The van der Waals surface area contributed by atoms with Gasteiger partial charge in [-0.3, -0.25) is 4.79 Å². The number of carbonyl (C=O) groups excluding carboxylic acids is 1. The predicted molar refractivity (Wildman–Crippen MR) is 116 cm³/mol. The Morgan fingerprint density at radius 3 is 2.06 bits per heavy atom. The van der Waals surface area contributed by atoms with Gasteiger partial charge in [0.15, 0.2) is 6.61 Å². The third-order valence-corrected chi connectivity index (χ3v) is 4.98. The number of esters is 1. The van der Waals surface area contributed by atoms with Gasteiger partial charge in [0.1, 0.15) is 0 Å². The fraction of sp³-hybridized carbons (Fsp3) is 0.292. The summed E-state index contributed by atoms with van der Waals surface area (Å²) >= 11 is 0. The summed E-state index contributed by atoms with van der Waals surface area (Å²) in [6.07, 6.45) is 0.391. The maximum atomic E-state index is 12.1. The Hall–Kier alpha value is -3.81. The largest absolute Gasteiger partial charge is 0.456 e. The molecule has 0 saturated carbocycles. The molecular formula is C24H24N4O4. The monoisotopic (exact) mass is 432 g/mol. The van der Waals surface area contributed by atoms with Gasteiger partial charge in [-0.15, -0.1) is 0 Å². The van der Waals surface area contributed by atoms with E-state index < -0.39 is 5.97 Å². The lowest BCUT2D eigenvalue weighted by atomic mass is 10.0. The van der Waals surface area contributed by atoms with Crippen LogP contribution in [0.5, 0.6) is 0 Å². The maximum absolute atomic E-state index is 12.1. The number of ether oxygens (including phenoxy) is 1. The molecule has 2 aromatic heterocycles. The van der Waals surface area contributed by atoms with Gasteiger partial charge >= 0.3 is 5.97 Å². The van der Waals surface area contributed by atoms with E-state index in [9.17, 15) is 4.79 Å². The highest BCUT2D eigenvalue weighted by molar-refractivity contribution is 5.69. The highest BCUT2D eigenvalue weighted by atomic mass is 16.6. The first-order chi connectivity index (χ1) is 15.5. The van der Waals surface area contributed by atoms with Gasteiger partial charge in [0.05, 0.1) is 6.42 Å². The summed E-state index contributed by atoms with van der Waals surface area (Å²) in [5.41, 5.74) is 4.09. The second kappa shape index (κ2) is 9.55. The third-order valence-electron chi connectivity index (χ3n) is 4.98. The molecule has 0 atom stereocenters. The minimum absolute atomic E-state index is 0.0889. The van der Waals surface area contributed by atoms with E-state index >= 15 is 0 Å². The molecule has 0 radical (unpaired) electrons. The van der Waals surface area contributed by atoms with Crippen LogP contribution in [0.15, 0.2) is 57.6 Å². The van der Waals surface area contributed by atoms with Crippen molar-refractivity contribution in [3.05, 3.63) is 71.4 Å². The average Bonchev–Trinajstić information content (AvgIpc) is 3.47. The first-order valence-electron chi connectivity index (χ1n) is 10.5. The van der Waals surface area contributed by atoms with Gasteiger partial charge in [-0.1, -0.05) is 78.3 Å². The van der Waals surface area contributed by atoms with E-state index in [4.69, 9.17) is 13.8 Å². The number of benzene rings is 2. The van der Waals surface area contributed by atoms with Crippen LogP contribution in [0, 0.1) is 6.92 Å². The molecule has 0 N–H and O–H groups in total. The van der Waals surface area contributed by atoms with Crippen molar-refractivity contribution in [2.45, 2.75) is 46.1 Å². The summed E-state index contributed by atoms with van der Waals surface area (Å²) in [6.45, 7) is 6.19. The third kappa shape index (κ3) is 5.26. The van der Waals surface area contributed by atoms with Gasteiger partial charge < -0.3 is 13.8 Å². The lowest BCUT2D eigenvalue weighted by molar-refractivity contribution is -0.145. The molecule has 0 unspecified atom stereocenters. The molecule has 0 aliphatic rings. The smallest absolute Gasteiger partial charge is 0.306 e. The average molecular weight is 432 g/mol. The van der Waals surface area contributed by atoms with Crippen LogP contribution >= 0.6 is 0 Å². The number of hydrogen-bond donors (Lipinski definition) is 0. The van der Waals surface area contributed by atoms with Crippen LogP contribution in [0.25, 0.3) is 22.8 Å². The summed E-state index contributed by atoms with van der Waals surface area (Å²) in [4.78, 5) is 20.7. The summed E-state index contributed by atoms with van der Waals surface area (Å²) in [6, 6.07) is 15.8. The zero-order valence-electron chi connectivity index (χ0n) is 18.2. The topological polar surface area (TPSA) is 104 Å². The molecule has 4 rings (SSSR count). The van der Waals surface area contributed by atoms with Crippen molar-refractivity contribution in [3.63, 3.8) is 0 Å². The Bertz CT molecular complexity index is 1180. The SMILES string of the molecule is Cc1ccc(-c2noc(CCC(=O)OCc3nc(-c4ccc(C(C)C)cc4)no3)n2)cc1. The van der Waals surface area contributed by atoms with E-state index in [2.05, 4.69) is 34.1 Å². The van der Waals surface area contributed by atoms with Gasteiger partial charge in [-0.05, 0) is 18.4 Å². The van der Waals surface area contributed by atoms with Gasteiger partial charge in [-0.25, -0.2) is 0 Å². The molecule has 164 valence electrons. The van der Waals surface area contributed by atoms with Crippen molar-refractivity contribution in [3.8, 4) is 22.8 Å². The molecule has 32 heavy (non-hydrogen) atoms. The standard InChI is InChI=1S/C24H24N4O4/c1-15(2)17-8-10-19(11-9-17)24-26-21(32-28-24)14-30-22(29)13-12-20-25-23(27-31-20)18-6-4-16(3)5-7-18/h4-11,15H,12-14H2,1-3H3. The summed E-state index contributed by atoms with van der Waals surface area (Å²) in [5, 5.41) is 7.92. The fourth-order valence-electron chi connectivity index (χ4n) is 3.05. The molecule has 8 nitrogen and oxygen atoms in total. The molecule has 8 heteroatoms. The number of carbonyl (C=O) groups is 1. The lowest BCUT2D eigenvalue weighted by Crippen LogP contribution is -2.06. The van der Waals surface area contributed by atoms with Crippen molar-refractivity contribution in [2.75, 3.05) is 0 Å². The maximum Gasteiger partial charge on any atom is 0.306 e. The first-order valence-corrected chi connectivity index (χ1v) is 10.5. The number of aryl methyl sites for hydroxylation is 2. The van der Waals surface area contributed by atoms with Crippen molar-refractivity contribution in [1.82, 2.24) is 20.3 Å². The lowest BCUT2D eigenvalue weighted by Gasteiger charge is -2.04. The molecule has 0 bridgehead atoms. The molecule has 4 aromatic rings. The number of nitrogens with zero attached hydrogens (tertiary/aromatic N) is 4. The van der Waals surface area contributed by atoms with Crippen LogP contribution in [0.3, 0.4) is 0 Å². The van der Waals surface area contributed by atoms with Gasteiger partial charge in [0.25, 0.3) is 5.89 Å². The molecule has 0 aliphatic heterocycles. The van der Waals surface area contributed by atoms with Gasteiger partial charge in [0.2, 0.25) is 17.5 Å². The molecule has 0 aliphatic carbocycles. The van der Waals surface area contributed by atoms with Crippen LogP contribution in [-0.4, -0.2) is 26.3 Å². The summed E-state index contributed by atoms with van der Waals surface area (Å²) < 4.78 is 15.6. The molecule has 0 saturated heterocycles. The Balaban J connectivity index is 1.26. The van der Waals surface area contributed by atoms with Crippen molar-refractivity contribution in [2.24, 2.45) is 0 Å². The highest BCUT2D eigenvalue weighted by Crippen LogP contribution is 2.21. The number of rotatable bonds is 8. The molecule has 0 spiro atoms. The van der Waals surface area contributed by atoms with Crippen LogP contribution in [-0.2, 0) is 22.6 Å². The van der Waals surface area contributed by atoms with Crippen molar-refractivity contribution >= 4 is 5.97 Å². The second-order valence-corrected chi connectivity index (χ2v) is 7.83. The zero-order valence-corrected chi connectivity index (χ0v) is 18.2. The Morgan fingerprint density at radius 1 is 0.875 bits per heavy atom. The predicted octanol–water partition coefficient (Wildman–Crippen LogP) is 4.89. The zero-order chi connectivity index (χ0) is 22.5. The van der Waals surface area contributed by atoms with Gasteiger partial charge in [-0.2, -0.15) is 9.97 Å². The van der Waals surface area contributed by atoms with E-state index in [-0.39, 0.29) is 25.3 Å². The normalized spacial score (nSPS) is 11.1. The number of aromatic nitrogens is 4. The Morgan fingerprint density at radius 2 is 1.44 bits per heavy atom. The number of hydrogen-bond acceptors (Lipinski definition) is 8. The Labute approximate surface area is 185 Å². The van der Waals surface area contributed by atoms with E-state index in [1.807, 2.05) is 55.5 Å². The van der Waals surface area contributed by atoms with Gasteiger partial charge in [0, 0.05) is 17.5 Å². The second-order valence-electron chi connectivity index (χ2n) is 7.83. The fourth-order valence-corrected chi connectivity index (χ4v) is 3.05. The molecular weight excluding hydrogens is 408 g/mol. The molecule has 2 aromatic carbocycles. The summed E-state index contributed by atoms with van der Waals surface area (Å²) in [7, 11) is 0. The van der Waals surface area contributed by atoms with E-state index in [0.717, 1.165) is 16.7 Å². The van der Waals surface area contributed by atoms with E-state index in [1.54, 1.807) is 0 Å².